The van der Waals surface area contributed by atoms with Crippen LogP contribution in [0, 0.1) is 0 Å². The first-order valence-corrected chi connectivity index (χ1v) is 4.90. The predicted molar refractivity (Wildman–Crippen MR) is 58.5 cm³/mol. The molecule has 0 fully saturated rings. The highest BCUT2D eigenvalue weighted by molar-refractivity contribution is 5.93. The van der Waals surface area contributed by atoms with Gasteiger partial charge in [-0.25, -0.2) is 0 Å². The molecule has 0 aromatic carbocycles. The van der Waals surface area contributed by atoms with E-state index in [-0.39, 0.29) is 18.9 Å². The van der Waals surface area contributed by atoms with Crippen LogP contribution >= 0.6 is 0 Å². The molecule has 5 N–H and O–H groups in total. The molecule has 0 radical (unpaired) electrons. The van der Waals surface area contributed by atoms with Crippen LogP contribution in [-0.2, 0) is 19.2 Å². The molecule has 0 aromatic heterocycles. The Balaban J connectivity index is 4.36. The van der Waals surface area contributed by atoms with E-state index in [1.165, 1.54) is 14.0 Å². The Morgan fingerprint density at radius 1 is 1.24 bits per heavy atom. The molecule has 17 heavy (non-hydrogen) atoms. The molecule has 0 saturated heterocycles. The number of likely N-dealkylation sites (N-methyl/N-ethyl adjacent to an activating group) is 1. The van der Waals surface area contributed by atoms with Gasteiger partial charge in [-0.05, 0) is 0 Å². The first kappa shape index (κ1) is 14.9. The quantitative estimate of drug-likeness (QED) is 0.403. The summed E-state index contributed by atoms with van der Waals surface area (Å²) in [4.78, 5) is 43.9. The van der Waals surface area contributed by atoms with Crippen LogP contribution in [0.3, 0.4) is 0 Å². The van der Waals surface area contributed by atoms with Crippen LogP contribution < -0.4 is 21.7 Å². The first-order chi connectivity index (χ1) is 7.86. The number of amides is 4. The van der Waals surface area contributed by atoms with Crippen molar-refractivity contribution >= 4 is 23.6 Å². The fourth-order valence-electron chi connectivity index (χ4n) is 1.03. The van der Waals surface area contributed by atoms with Gasteiger partial charge in [-0.3, -0.25) is 19.2 Å². The van der Waals surface area contributed by atoms with Crippen molar-refractivity contribution in [1.29, 1.82) is 0 Å². The number of hydrogen-bond acceptors (Lipinski definition) is 4. The second kappa shape index (κ2) is 7.20. The average Bonchev–Trinajstić information content (AvgIpc) is 2.23. The summed E-state index contributed by atoms with van der Waals surface area (Å²) < 4.78 is 0. The van der Waals surface area contributed by atoms with E-state index in [4.69, 9.17) is 5.73 Å². The molecule has 0 aliphatic carbocycles. The number of hydrogen-bond donors (Lipinski definition) is 4. The van der Waals surface area contributed by atoms with Crippen LogP contribution in [0.4, 0.5) is 0 Å². The molecule has 0 heterocycles. The fourth-order valence-corrected chi connectivity index (χ4v) is 1.03. The summed E-state index contributed by atoms with van der Waals surface area (Å²) in [6, 6.07) is -1.06. The van der Waals surface area contributed by atoms with Crippen LogP contribution in [0.15, 0.2) is 0 Å². The minimum Gasteiger partial charge on any atom is -0.370 e. The van der Waals surface area contributed by atoms with Gasteiger partial charge >= 0.3 is 0 Å². The number of nitrogens with two attached hydrogens (primary N) is 1. The van der Waals surface area contributed by atoms with Crippen molar-refractivity contribution in [3.8, 4) is 0 Å². The normalized spacial score (nSPS) is 11.2. The number of primary amides is 1. The summed E-state index contributed by atoms with van der Waals surface area (Å²) in [5.74, 6) is -2.22. The van der Waals surface area contributed by atoms with Crippen molar-refractivity contribution in [3.05, 3.63) is 0 Å². The van der Waals surface area contributed by atoms with Gasteiger partial charge in [0.05, 0.1) is 13.0 Å². The number of nitrogens with one attached hydrogen (secondary N) is 3. The van der Waals surface area contributed by atoms with Gasteiger partial charge in [-0.2, -0.15) is 0 Å². The van der Waals surface area contributed by atoms with Gasteiger partial charge in [0.1, 0.15) is 6.04 Å². The molecule has 8 heteroatoms. The van der Waals surface area contributed by atoms with Crippen molar-refractivity contribution in [1.82, 2.24) is 16.0 Å². The van der Waals surface area contributed by atoms with Gasteiger partial charge in [0.25, 0.3) is 0 Å². The highest BCUT2D eigenvalue weighted by Gasteiger charge is 2.21. The van der Waals surface area contributed by atoms with E-state index in [0.29, 0.717) is 0 Å². The lowest BCUT2D eigenvalue weighted by atomic mass is 10.2. The molecule has 0 aliphatic heterocycles. The number of rotatable bonds is 6. The molecule has 0 aromatic rings. The SMILES string of the molecule is CNC(=O)CNC(=O)[C@H](CC(N)=O)NC(C)=O. The maximum atomic E-state index is 11.5. The summed E-state index contributed by atoms with van der Waals surface area (Å²) >= 11 is 0. The fraction of sp³-hybridized carbons (Fsp3) is 0.556. The van der Waals surface area contributed by atoms with Crippen molar-refractivity contribution < 1.29 is 19.2 Å². The molecule has 4 amide bonds. The molecule has 0 spiro atoms. The number of carbonyl (C=O) groups is 4. The Morgan fingerprint density at radius 2 is 1.82 bits per heavy atom. The molecule has 1 atom stereocenters. The third-order valence-electron chi connectivity index (χ3n) is 1.80. The first-order valence-electron chi connectivity index (χ1n) is 4.90. The largest absolute Gasteiger partial charge is 0.370 e. The van der Waals surface area contributed by atoms with Crippen molar-refractivity contribution in [2.45, 2.75) is 19.4 Å². The zero-order chi connectivity index (χ0) is 13.4. The molecule has 0 unspecified atom stereocenters. The maximum absolute atomic E-state index is 11.5. The Bertz CT molecular complexity index is 313. The van der Waals surface area contributed by atoms with Crippen LogP contribution in [-0.4, -0.2) is 43.3 Å². The third-order valence-corrected chi connectivity index (χ3v) is 1.80. The average molecular weight is 244 g/mol. The van der Waals surface area contributed by atoms with Gasteiger partial charge in [-0.15, -0.1) is 0 Å². The van der Waals surface area contributed by atoms with Crippen molar-refractivity contribution in [2.24, 2.45) is 5.73 Å². The predicted octanol–water partition coefficient (Wildman–Crippen LogP) is -2.77. The molecule has 0 aliphatic rings. The van der Waals surface area contributed by atoms with E-state index in [9.17, 15) is 19.2 Å². The summed E-state index contributed by atoms with van der Waals surface area (Å²) in [5.41, 5.74) is 4.94. The van der Waals surface area contributed by atoms with Gasteiger partial charge in [0.2, 0.25) is 23.6 Å². The van der Waals surface area contributed by atoms with Crippen LogP contribution in [0.1, 0.15) is 13.3 Å². The maximum Gasteiger partial charge on any atom is 0.243 e. The van der Waals surface area contributed by atoms with Crippen LogP contribution in [0.5, 0.6) is 0 Å². The summed E-state index contributed by atoms with van der Waals surface area (Å²) in [5, 5.41) is 6.85. The van der Waals surface area contributed by atoms with Gasteiger partial charge in [0.15, 0.2) is 0 Å². The highest BCUT2D eigenvalue weighted by Crippen LogP contribution is 1.91. The molecule has 0 saturated carbocycles. The Hall–Kier alpha value is -2.12. The zero-order valence-electron chi connectivity index (χ0n) is 9.70. The van der Waals surface area contributed by atoms with Gasteiger partial charge < -0.3 is 21.7 Å². The van der Waals surface area contributed by atoms with E-state index >= 15 is 0 Å². The summed E-state index contributed by atoms with van der Waals surface area (Å²) in [6.45, 7) is 0.976. The Labute approximate surface area is 98.3 Å². The van der Waals surface area contributed by atoms with E-state index in [0.717, 1.165) is 0 Å². The topological polar surface area (TPSA) is 130 Å². The standard InChI is InChI=1S/C9H16N4O4/c1-5(14)13-6(3-7(10)15)9(17)12-4-8(16)11-2/h6H,3-4H2,1-2H3,(H2,10,15)(H,11,16)(H,12,17)(H,13,14)/t6-/m0/s1. The van der Waals surface area contributed by atoms with E-state index < -0.39 is 23.8 Å². The lowest BCUT2D eigenvalue weighted by molar-refractivity contribution is -0.131. The van der Waals surface area contributed by atoms with Gasteiger partial charge in [0, 0.05) is 14.0 Å². The molecule has 8 nitrogen and oxygen atoms in total. The molecule has 0 rings (SSSR count). The Morgan fingerprint density at radius 3 is 2.24 bits per heavy atom. The van der Waals surface area contributed by atoms with Gasteiger partial charge in [-0.1, -0.05) is 0 Å². The lowest BCUT2D eigenvalue weighted by Gasteiger charge is -2.15. The second-order valence-corrected chi connectivity index (χ2v) is 3.31. The zero-order valence-corrected chi connectivity index (χ0v) is 9.70. The molecule has 0 bridgehead atoms. The molecular formula is C9H16N4O4. The number of carbonyl (C=O) groups excluding carboxylic acids is 4. The summed E-state index contributed by atoms with van der Waals surface area (Å²) in [6.07, 6.45) is -0.320. The minimum absolute atomic E-state index is 0.232. The van der Waals surface area contributed by atoms with Crippen LogP contribution in [0.2, 0.25) is 0 Å². The Kier molecular flexibility index (Phi) is 6.30. The highest BCUT2D eigenvalue weighted by atomic mass is 16.2. The monoisotopic (exact) mass is 244 g/mol. The van der Waals surface area contributed by atoms with Crippen molar-refractivity contribution in [2.75, 3.05) is 13.6 Å². The van der Waals surface area contributed by atoms with Crippen molar-refractivity contribution in [3.63, 3.8) is 0 Å². The molecular weight excluding hydrogens is 228 g/mol. The van der Waals surface area contributed by atoms with E-state index in [1.807, 2.05) is 0 Å². The van der Waals surface area contributed by atoms with E-state index in [2.05, 4.69) is 16.0 Å². The summed E-state index contributed by atoms with van der Waals surface area (Å²) in [7, 11) is 1.42. The van der Waals surface area contributed by atoms with Crippen LogP contribution in [0.25, 0.3) is 0 Å². The minimum atomic E-state index is -1.06. The third kappa shape index (κ3) is 6.88. The van der Waals surface area contributed by atoms with E-state index in [1.54, 1.807) is 0 Å². The smallest absolute Gasteiger partial charge is 0.243 e. The molecule has 96 valence electrons. The second-order valence-electron chi connectivity index (χ2n) is 3.31. The lowest BCUT2D eigenvalue weighted by Crippen LogP contribution is -2.49.